The Kier molecular flexibility index (Phi) is 9.30. The van der Waals surface area contributed by atoms with Gasteiger partial charge in [-0.05, 0) is 75.2 Å². The Hall–Kier alpha value is -3.67. The number of carbonyl (C=O) groups is 1. The van der Waals surface area contributed by atoms with Gasteiger partial charge in [-0.3, -0.25) is 19.0 Å². The van der Waals surface area contributed by atoms with Crippen molar-refractivity contribution in [2.75, 3.05) is 33.0 Å². The van der Waals surface area contributed by atoms with Crippen molar-refractivity contribution in [2.24, 2.45) is 10.7 Å². The van der Waals surface area contributed by atoms with Crippen LogP contribution in [0.15, 0.2) is 69.6 Å². The van der Waals surface area contributed by atoms with Gasteiger partial charge >= 0.3 is 0 Å². The van der Waals surface area contributed by atoms with Gasteiger partial charge in [0.25, 0.3) is 5.91 Å². The molecule has 5 rings (SSSR count). The standard InChI is InChI=1S/C31H34FN5O3S2/c1-19(18-34-12-10-33)9-14-41-26-17-25-22(16-23(26)32)29(38)28(30(39)35-11-8-20-5-4-13-36(20)2)31-37(25)24-7-6-21(40-3)15-27(24)42-31/h6-7,10,12,15-18,20H,1,4-5,8-9,11,13-14,33H2,2-3H3,(H,35,39)/b12-10-,34-18-. The monoisotopic (exact) mass is 607 g/mol. The fraction of sp³-hybridized carbons (Fsp3) is 0.323. The predicted octanol–water partition coefficient (Wildman–Crippen LogP) is 5.57. The lowest BCUT2D eigenvalue weighted by molar-refractivity contribution is 0.0951. The zero-order valence-corrected chi connectivity index (χ0v) is 25.3. The Labute approximate surface area is 251 Å². The van der Waals surface area contributed by atoms with Crippen LogP contribution in [-0.2, 0) is 0 Å². The molecule has 1 aliphatic heterocycles. The number of nitrogens with two attached hydrogens (primary N) is 1. The summed E-state index contributed by atoms with van der Waals surface area (Å²) in [6.45, 7) is 5.48. The fourth-order valence-electron chi connectivity index (χ4n) is 5.34. The summed E-state index contributed by atoms with van der Waals surface area (Å²) in [6.07, 6.45) is 8.06. The van der Waals surface area contributed by atoms with E-state index >= 15 is 4.39 Å². The molecule has 0 bridgehead atoms. The normalized spacial score (nSPS) is 16.0. The first-order valence-corrected chi connectivity index (χ1v) is 15.6. The second-order valence-corrected chi connectivity index (χ2v) is 12.4. The third-order valence-corrected chi connectivity index (χ3v) is 9.73. The third-order valence-electron chi connectivity index (χ3n) is 7.57. The van der Waals surface area contributed by atoms with Crippen LogP contribution in [0.2, 0.25) is 0 Å². The second kappa shape index (κ2) is 13.1. The van der Waals surface area contributed by atoms with Gasteiger partial charge in [-0.2, -0.15) is 0 Å². The molecule has 220 valence electrons. The van der Waals surface area contributed by atoms with Crippen LogP contribution in [0.5, 0.6) is 5.75 Å². The molecule has 1 atom stereocenters. The SMILES string of the molecule is C=C(/C=N\C=C/N)CCSc1cc2c(cc1F)c(=O)c(C(=O)NCCC1CCCN1C)c1sc3cc(OC)ccc3n12. The minimum atomic E-state index is -0.508. The number of amides is 1. The van der Waals surface area contributed by atoms with Crippen LogP contribution in [0.4, 0.5) is 4.39 Å². The van der Waals surface area contributed by atoms with E-state index in [1.54, 1.807) is 19.4 Å². The topological polar surface area (TPSA) is 101 Å². The summed E-state index contributed by atoms with van der Waals surface area (Å²) in [5.74, 6) is 0.283. The average Bonchev–Trinajstić information content (AvgIpc) is 3.56. The number of nitrogens with one attached hydrogen (secondary N) is 1. The Balaban J connectivity index is 1.54. The van der Waals surface area contributed by atoms with E-state index in [4.69, 9.17) is 10.5 Å². The van der Waals surface area contributed by atoms with Gasteiger partial charge in [0.15, 0.2) is 0 Å². The Morgan fingerprint density at radius 1 is 1.33 bits per heavy atom. The molecule has 1 unspecified atom stereocenters. The summed E-state index contributed by atoms with van der Waals surface area (Å²) in [6, 6.07) is 8.99. The van der Waals surface area contributed by atoms with E-state index in [-0.39, 0.29) is 10.9 Å². The molecule has 2 aromatic carbocycles. The number of halogens is 1. The first kappa shape index (κ1) is 29.8. The first-order chi connectivity index (χ1) is 20.3. The Bertz CT molecular complexity index is 1780. The molecule has 0 aliphatic carbocycles. The molecule has 11 heteroatoms. The van der Waals surface area contributed by atoms with Crippen molar-refractivity contribution < 1.29 is 13.9 Å². The Morgan fingerprint density at radius 2 is 2.17 bits per heavy atom. The zero-order chi connectivity index (χ0) is 29.8. The number of carbonyl (C=O) groups excluding carboxylic acids is 1. The number of fused-ring (bicyclic) bond motifs is 5. The van der Waals surface area contributed by atoms with Crippen LogP contribution >= 0.6 is 23.1 Å². The second-order valence-electron chi connectivity index (χ2n) is 10.3. The molecule has 0 saturated carbocycles. The van der Waals surface area contributed by atoms with Gasteiger partial charge in [0.2, 0.25) is 5.43 Å². The van der Waals surface area contributed by atoms with Crippen LogP contribution < -0.4 is 21.2 Å². The number of hydrogen-bond donors (Lipinski definition) is 2. The van der Waals surface area contributed by atoms with Crippen molar-refractivity contribution in [3.8, 4) is 5.75 Å². The molecule has 0 radical (unpaired) electrons. The highest BCUT2D eigenvalue weighted by Gasteiger charge is 2.25. The predicted molar refractivity (Wildman–Crippen MR) is 172 cm³/mol. The van der Waals surface area contributed by atoms with E-state index in [0.29, 0.717) is 45.8 Å². The molecule has 1 aliphatic rings. The third kappa shape index (κ3) is 6.08. The van der Waals surface area contributed by atoms with Crippen LogP contribution in [0.25, 0.3) is 25.9 Å². The molecule has 3 N–H and O–H groups in total. The summed E-state index contributed by atoms with van der Waals surface area (Å²) in [5, 5.41) is 3.13. The number of hydrogen-bond acceptors (Lipinski definition) is 8. The van der Waals surface area contributed by atoms with E-state index in [2.05, 4.69) is 28.8 Å². The molecule has 8 nitrogen and oxygen atoms in total. The van der Waals surface area contributed by atoms with Gasteiger partial charge in [-0.25, -0.2) is 4.39 Å². The average molecular weight is 608 g/mol. The molecule has 2 aromatic heterocycles. The number of allylic oxidation sites excluding steroid dienone is 1. The summed E-state index contributed by atoms with van der Waals surface area (Å²) in [5.41, 5.74) is 6.99. The number of benzene rings is 2. The van der Waals surface area contributed by atoms with Crippen LogP contribution in [-0.4, -0.2) is 60.5 Å². The highest BCUT2D eigenvalue weighted by Crippen LogP contribution is 2.35. The van der Waals surface area contributed by atoms with Crippen molar-refractivity contribution in [3.63, 3.8) is 0 Å². The van der Waals surface area contributed by atoms with Gasteiger partial charge in [-0.15, -0.1) is 23.1 Å². The number of thiazole rings is 1. The van der Waals surface area contributed by atoms with Gasteiger partial charge in [0.1, 0.15) is 22.0 Å². The Morgan fingerprint density at radius 3 is 2.90 bits per heavy atom. The number of pyridine rings is 1. The van der Waals surface area contributed by atoms with Crippen molar-refractivity contribution in [2.45, 2.75) is 36.6 Å². The number of aliphatic imine (C=N–C) groups is 1. The number of methoxy groups -OCH3 is 1. The van der Waals surface area contributed by atoms with Crippen molar-refractivity contribution >= 4 is 61.2 Å². The maximum Gasteiger partial charge on any atom is 0.258 e. The van der Waals surface area contributed by atoms with Gasteiger partial charge < -0.3 is 20.7 Å². The number of nitrogens with zero attached hydrogens (tertiary/aromatic N) is 3. The lowest BCUT2D eigenvalue weighted by Gasteiger charge is -2.19. The highest BCUT2D eigenvalue weighted by molar-refractivity contribution is 7.99. The minimum Gasteiger partial charge on any atom is -0.497 e. The number of rotatable bonds is 11. The largest absolute Gasteiger partial charge is 0.497 e. The zero-order valence-electron chi connectivity index (χ0n) is 23.7. The molecule has 42 heavy (non-hydrogen) atoms. The van der Waals surface area contributed by atoms with Crippen molar-refractivity contribution in [1.82, 2.24) is 14.6 Å². The molecule has 1 fully saturated rings. The summed E-state index contributed by atoms with van der Waals surface area (Å²) in [7, 11) is 3.69. The van der Waals surface area contributed by atoms with E-state index in [0.717, 1.165) is 41.6 Å². The van der Waals surface area contributed by atoms with E-state index in [1.807, 2.05) is 22.6 Å². The van der Waals surface area contributed by atoms with E-state index in [9.17, 15) is 9.59 Å². The van der Waals surface area contributed by atoms with Gasteiger partial charge in [0, 0.05) is 47.2 Å². The molecule has 3 heterocycles. The smallest absolute Gasteiger partial charge is 0.258 e. The van der Waals surface area contributed by atoms with Gasteiger partial charge in [0.05, 0.1) is 22.8 Å². The molecular formula is C31H34FN5O3S2. The van der Waals surface area contributed by atoms with E-state index < -0.39 is 17.2 Å². The maximum atomic E-state index is 15.4. The van der Waals surface area contributed by atoms with Crippen LogP contribution in [0, 0.1) is 5.82 Å². The van der Waals surface area contributed by atoms with Crippen molar-refractivity contribution in [3.05, 3.63) is 76.5 Å². The van der Waals surface area contributed by atoms with Crippen LogP contribution in [0.3, 0.4) is 0 Å². The maximum absolute atomic E-state index is 15.4. The van der Waals surface area contributed by atoms with Crippen LogP contribution in [0.1, 0.15) is 36.0 Å². The molecule has 4 aromatic rings. The van der Waals surface area contributed by atoms with Crippen molar-refractivity contribution in [1.29, 1.82) is 0 Å². The molecule has 1 amide bonds. The van der Waals surface area contributed by atoms with E-state index in [1.165, 1.54) is 41.6 Å². The number of ether oxygens (including phenoxy) is 1. The summed E-state index contributed by atoms with van der Waals surface area (Å²) < 4.78 is 23.6. The molecular weight excluding hydrogens is 574 g/mol. The molecule has 0 spiro atoms. The quantitative estimate of drug-likeness (QED) is 0.171. The summed E-state index contributed by atoms with van der Waals surface area (Å²) >= 11 is 2.68. The summed E-state index contributed by atoms with van der Waals surface area (Å²) in [4.78, 5) is 34.6. The number of likely N-dealkylation sites (tertiary alicyclic amines) is 1. The fourth-order valence-corrected chi connectivity index (χ4v) is 7.54. The number of aromatic nitrogens is 1. The lowest BCUT2D eigenvalue weighted by atomic mass is 10.1. The molecule has 1 saturated heterocycles. The first-order valence-electron chi connectivity index (χ1n) is 13.8. The lowest BCUT2D eigenvalue weighted by Crippen LogP contribution is -2.34. The minimum absolute atomic E-state index is 0.0318. The highest BCUT2D eigenvalue weighted by atomic mass is 32.2. The number of thioether (sulfide) groups is 1. The van der Waals surface area contributed by atoms with Gasteiger partial charge in [-0.1, -0.05) is 6.58 Å².